The second-order valence-corrected chi connectivity index (χ2v) is 10.8. The first-order valence-corrected chi connectivity index (χ1v) is 11.4. The highest BCUT2D eigenvalue weighted by atomic mass is 31.1. The number of hydrogen-bond acceptors (Lipinski definition) is 2. The van der Waals surface area contributed by atoms with E-state index in [1.165, 1.54) is 25.7 Å². The largest absolute Gasteiger partial charge is 0.327 e. The van der Waals surface area contributed by atoms with Crippen LogP contribution in [0.15, 0.2) is 0 Å². The quantitative estimate of drug-likeness (QED) is 0.540. The third-order valence-electron chi connectivity index (χ3n) is 6.55. The van der Waals surface area contributed by atoms with Crippen LogP contribution in [0.3, 0.4) is 0 Å². The van der Waals surface area contributed by atoms with Crippen LogP contribution in [0.25, 0.3) is 0 Å². The Hall–Kier alpha value is 0.190. The van der Waals surface area contributed by atoms with E-state index in [1.807, 2.05) is 0 Å². The maximum Gasteiger partial charge on any atom is 0.195 e. The smallest absolute Gasteiger partial charge is 0.195 e. The molecule has 0 amide bonds. The van der Waals surface area contributed by atoms with Gasteiger partial charge >= 0.3 is 0 Å². The fourth-order valence-electron chi connectivity index (χ4n) is 4.96. The standard InChI is InChI=1S/C20H39O2P/c1-13(2)17-9-7-15(5)11-19(17)22-23(21)20-12-16(6)8-10-18(20)14(3)4/h13-20,23H,7-12H2,1-6H3. The zero-order valence-corrected chi connectivity index (χ0v) is 17.2. The van der Waals surface area contributed by atoms with Crippen molar-refractivity contribution >= 4 is 8.03 Å². The summed E-state index contributed by atoms with van der Waals surface area (Å²) < 4.78 is 19.5. The molecule has 7 atom stereocenters. The van der Waals surface area contributed by atoms with Gasteiger partial charge in [-0.3, -0.25) is 4.57 Å². The summed E-state index contributed by atoms with van der Waals surface area (Å²) in [6.07, 6.45) is 7.52. The van der Waals surface area contributed by atoms with Crippen molar-refractivity contribution < 1.29 is 9.09 Å². The fraction of sp³-hybridized carbons (Fsp3) is 1.00. The van der Waals surface area contributed by atoms with Gasteiger partial charge in [0.2, 0.25) is 0 Å². The molecule has 0 bridgehead atoms. The summed E-state index contributed by atoms with van der Waals surface area (Å²) in [6.45, 7) is 13.8. The van der Waals surface area contributed by atoms with Crippen molar-refractivity contribution in [2.75, 3.05) is 0 Å². The average molecular weight is 343 g/mol. The zero-order chi connectivity index (χ0) is 17.1. The lowest BCUT2D eigenvalue weighted by Crippen LogP contribution is -2.35. The predicted octanol–water partition coefficient (Wildman–Crippen LogP) is 6.40. The van der Waals surface area contributed by atoms with E-state index in [2.05, 4.69) is 41.5 Å². The Balaban J connectivity index is 2.05. The summed E-state index contributed by atoms with van der Waals surface area (Å²) in [6, 6.07) is 0. The van der Waals surface area contributed by atoms with E-state index in [0.717, 1.165) is 18.8 Å². The molecule has 0 spiro atoms. The lowest BCUT2D eigenvalue weighted by molar-refractivity contribution is 0.0486. The van der Waals surface area contributed by atoms with Crippen LogP contribution in [-0.4, -0.2) is 11.8 Å². The van der Waals surface area contributed by atoms with Crippen molar-refractivity contribution in [1.29, 1.82) is 0 Å². The minimum absolute atomic E-state index is 0.232. The average Bonchev–Trinajstić information content (AvgIpc) is 2.46. The van der Waals surface area contributed by atoms with Crippen LogP contribution in [0.5, 0.6) is 0 Å². The molecule has 3 heteroatoms. The molecule has 2 aliphatic rings. The van der Waals surface area contributed by atoms with Crippen LogP contribution >= 0.6 is 8.03 Å². The van der Waals surface area contributed by atoms with E-state index in [9.17, 15) is 4.57 Å². The molecule has 0 aromatic carbocycles. The van der Waals surface area contributed by atoms with Crippen LogP contribution in [-0.2, 0) is 9.09 Å². The molecule has 2 rings (SSSR count). The molecule has 0 heterocycles. The van der Waals surface area contributed by atoms with E-state index < -0.39 is 8.03 Å². The fourth-order valence-corrected chi connectivity index (χ4v) is 7.20. The number of hydrogen-bond donors (Lipinski definition) is 0. The predicted molar refractivity (Wildman–Crippen MR) is 100 cm³/mol. The molecule has 7 unspecified atom stereocenters. The van der Waals surface area contributed by atoms with E-state index in [0.29, 0.717) is 35.2 Å². The molecule has 2 saturated carbocycles. The van der Waals surface area contributed by atoms with Crippen molar-refractivity contribution in [1.82, 2.24) is 0 Å². The van der Waals surface area contributed by atoms with Gasteiger partial charge in [0.05, 0.1) is 6.10 Å². The molecule has 0 radical (unpaired) electrons. The van der Waals surface area contributed by atoms with Gasteiger partial charge in [-0.2, -0.15) is 0 Å². The van der Waals surface area contributed by atoms with Crippen molar-refractivity contribution in [2.45, 2.75) is 91.8 Å². The van der Waals surface area contributed by atoms with E-state index in [4.69, 9.17) is 4.52 Å². The van der Waals surface area contributed by atoms with Crippen molar-refractivity contribution in [2.24, 2.45) is 35.5 Å². The molecule has 23 heavy (non-hydrogen) atoms. The maximum absolute atomic E-state index is 13.2. The van der Waals surface area contributed by atoms with Crippen LogP contribution in [0.2, 0.25) is 0 Å². The first-order chi connectivity index (χ1) is 10.8. The monoisotopic (exact) mass is 342 g/mol. The summed E-state index contributed by atoms with van der Waals surface area (Å²) >= 11 is 0. The minimum Gasteiger partial charge on any atom is -0.327 e. The van der Waals surface area contributed by atoms with Crippen LogP contribution in [0.1, 0.15) is 80.1 Å². The first kappa shape index (κ1) is 19.5. The summed E-state index contributed by atoms with van der Waals surface area (Å²) in [5.74, 6) is 3.87. The molecule has 0 aromatic rings. The van der Waals surface area contributed by atoms with Crippen LogP contribution in [0, 0.1) is 35.5 Å². The minimum atomic E-state index is -1.95. The van der Waals surface area contributed by atoms with Crippen LogP contribution in [0.4, 0.5) is 0 Å². The third-order valence-corrected chi connectivity index (χ3v) is 8.36. The van der Waals surface area contributed by atoms with Gasteiger partial charge < -0.3 is 4.52 Å². The van der Waals surface area contributed by atoms with Gasteiger partial charge in [0.1, 0.15) is 0 Å². The molecule has 2 fully saturated rings. The molecule has 136 valence electrons. The first-order valence-electron chi connectivity index (χ1n) is 10.00. The molecule has 0 aromatic heterocycles. The number of rotatable bonds is 5. The lowest BCUT2D eigenvalue weighted by atomic mass is 9.75. The van der Waals surface area contributed by atoms with Gasteiger partial charge in [-0.05, 0) is 61.2 Å². The summed E-state index contributed by atoms with van der Waals surface area (Å²) in [5.41, 5.74) is 0.314. The maximum atomic E-state index is 13.2. The van der Waals surface area contributed by atoms with Gasteiger partial charge in [-0.1, -0.05) is 54.4 Å². The SMILES string of the molecule is CC1CCC(C(C)C)C(O[PH](=O)C2CC(C)CCC2C(C)C)C1. The van der Waals surface area contributed by atoms with Crippen molar-refractivity contribution in [3.63, 3.8) is 0 Å². The lowest BCUT2D eigenvalue weighted by Gasteiger charge is -2.40. The Bertz CT molecular complexity index is 393. The molecule has 0 N–H and O–H groups in total. The van der Waals surface area contributed by atoms with Gasteiger partial charge in [-0.25, -0.2) is 0 Å². The highest BCUT2D eigenvalue weighted by molar-refractivity contribution is 7.40. The topological polar surface area (TPSA) is 26.3 Å². The van der Waals surface area contributed by atoms with E-state index in [-0.39, 0.29) is 6.10 Å². The summed E-state index contributed by atoms with van der Waals surface area (Å²) in [5, 5.41) is 0. The van der Waals surface area contributed by atoms with Gasteiger partial charge in [0.25, 0.3) is 0 Å². The van der Waals surface area contributed by atoms with Crippen LogP contribution < -0.4 is 0 Å². The molecular formula is C20H39O2P. The Labute approximate surface area is 145 Å². The zero-order valence-electron chi connectivity index (χ0n) is 16.2. The molecule has 0 aliphatic heterocycles. The molecule has 2 nitrogen and oxygen atoms in total. The Morgan fingerprint density at radius 1 is 0.826 bits per heavy atom. The van der Waals surface area contributed by atoms with Gasteiger partial charge in [0, 0.05) is 5.66 Å². The Morgan fingerprint density at radius 2 is 1.35 bits per heavy atom. The second-order valence-electron chi connectivity index (χ2n) is 9.23. The second kappa shape index (κ2) is 8.52. The normalized spacial score (nSPS) is 40.5. The third kappa shape index (κ3) is 5.08. The Morgan fingerprint density at radius 3 is 1.91 bits per heavy atom. The highest BCUT2D eigenvalue weighted by Gasteiger charge is 2.38. The molecule has 2 aliphatic carbocycles. The van der Waals surface area contributed by atoms with E-state index in [1.54, 1.807) is 0 Å². The van der Waals surface area contributed by atoms with Gasteiger partial charge in [-0.15, -0.1) is 0 Å². The van der Waals surface area contributed by atoms with Gasteiger partial charge in [0.15, 0.2) is 8.03 Å². The van der Waals surface area contributed by atoms with Crippen molar-refractivity contribution in [3.8, 4) is 0 Å². The highest BCUT2D eigenvalue weighted by Crippen LogP contribution is 2.50. The summed E-state index contributed by atoms with van der Waals surface area (Å²) in [4.78, 5) is 0. The molecular weight excluding hydrogens is 303 g/mol. The summed E-state index contributed by atoms with van der Waals surface area (Å²) in [7, 11) is -1.95. The molecule has 0 saturated heterocycles. The van der Waals surface area contributed by atoms with E-state index >= 15 is 0 Å². The van der Waals surface area contributed by atoms with Crippen molar-refractivity contribution in [3.05, 3.63) is 0 Å². The Kier molecular flexibility index (Phi) is 7.23.